The van der Waals surface area contributed by atoms with Gasteiger partial charge in [-0.15, -0.1) is 0 Å². The molecule has 0 aromatic heterocycles. The Kier molecular flexibility index (Phi) is 3.93. The van der Waals surface area contributed by atoms with Crippen LogP contribution in [0.1, 0.15) is 56.4 Å². The van der Waals surface area contributed by atoms with Crippen molar-refractivity contribution in [2.24, 2.45) is 5.92 Å². The quantitative estimate of drug-likeness (QED) is 0.797. The van der Waals surface area contributed by atoms with Crippen molar-refractivity contribution in [3.8, 4) is 0 Å². The highest BCUT2D eigenvalue weighted by atomic mass is 79.9. The molecule has 1 aromatic carbocycles. The third-order valence-electron chi connectivity index (χ3n) is 4.66. The Labute approximate surface area is 118 Å². The average Bonchev–Trinajstić information content (AvgIpc) is 2.82. The van der Waals surface area contributed by atoms with E-state index in [9.17, 15) is 0 Å². The molecule has 0 radical (unpaired) electrons. The lowest BCUT2D eigenvalue weighted by Crippen LogP contribution is -2.09. The van der Waals surface area contributed by atoms with E-state index in [0.717, 1.165) is 18.4 Å². The average molecular weight is 308 g/mol. The smallest absolute Gasteiger partial charge is 0.0520 e. The molecule has 2 aliphatic rings. The first-order valence-corrected chi connectivity index (χ1v) is 8.16. The third kappa shape index (κ3) is 2.59. The van der Waals surface area contributed by atoms with E-state index in [4.69, 9.17) is 0 Å². The molecule has 0 bridgehead atoms. The van der Waals surface area contributed by atoms with Gasteiger partial charge in [-0.3, -0.25) is 0 Å². The number of para-hydroxylation sites is 1. The molecular weight excluding hydrogens is 286 g/mol. The maximum atomic E-state index is 3.64. The molecule has 1 aliphatic heterocycles. The molecule has 1 unspecified atom stereocenters. The molecule has 18 heavy (non-hydrogen) atoms. The summed E-state index contributed by atoms with van der Waals surface area (Å²) >= 11 is 3.64. The normalized spacial score (nSPS) is 23.7. The number of anilines is 1. The molecule has 1 N–H and O–H groups in total. The monoisotopic (exact) mass is 307 g/mol. The summed E-state index contributed by atoms with van der Waals surface area (Å²) in [5.74, 6) is 1.74. The molecule has 1 fully saturated rings. The lowest BCUT2D eigenvalue weighted by Gasteiger charge is -2.22. The van der Waals surface area contributed by atoms with Gasteiger partial charge in [0.1, 0.15) is 0 Å². The minimum atomic E-state index is 0.736. The summed E-state index contributed by atoms with van der Waals surface area (Å²) in [5.41, 5.74) is 2.87. The standard InChI is InChI=1S/C16H22BrN/c17-15-8-4-7-14-13(11-18-16(14)15)10-9-12-5-2-1-3-6-12/h4,7-8,12-13,18H,1-3,5-6,9-11H2. The topological polar surface area (TPSA) is 12.0 Å². The molecule has 1 nitrogen and oxygen atoms in total. The SMILES string of the molecule is Brc1cccc2c1NCC2CCC1CCCCC1. The van der Waals surface area contributed by atoms with Crippen molar-refractivity contribution < 1.29 is 0 Å². The van der Waals surface area contributed by atoms with Gasteiger partial charge in [0.15, 0.2) is 0 Å². The van der Waals surface area contributed by atoms with Crippen LogP contribution in [-0.2, 0) is 0 Å². The zero-order valence-corrected chi connectivity index (χ0v) is 12.5. The fourth-order valence-electron chi connectivity index (χ4n) is 3.57. The van der Waals surface area contributed by atoms with Crippen LogP contribution in [0.5, 0.6) is 0 Å². The van der Waals surface area contributed by atoms with Crippen molar-refractivity contribution in [2.45, 2.75) is 50.9 Å². The molecular formula is C16H22BrN. The number of halogens is 1. The molecule has 0 spiro atoms. The van der Waals surface area contributed by atoms with Crippen LogP contribution < -0.4 is 5.32 Å². The van der Waals surface area contributed by atoms with Gasteiger partial charge >= 0.3 is 0 Å². The Morgan fingerprint density at radius 3 is 2.78 bits per heavy atom. The van der Waals surface area contributed by atoms with Gasteiger partial charge in [0.05, 0.1) is 5.69 Å². The van der Waals surface area contributed by atoms with Gasteiger partial charge in [-0.1, -0.05) is 44.2 Å². The van der Waals surface area contributed by atoms with E-state index in [1.165, 1.54) is 60.7 Å². The van der Waals surface area contributed by atoms with E-state index in [2.05, 4.69) is 39.4 Å². The second-order valence-electron chi connectivity index (χ2n) is 5.86. The van der Waals surface area contributed by atoms with E-state index >= 15 is 0 Å². The Bertz CT molecular complexity index is 410. The van der Waals surface area contributed by atoms with Crippen LogP contribution in [0.25, 0.3) is 0 Å². The predicted molar refractivity (Wildman–Crippen MR) is 81.2 cm³/mol. The molecule has 0 amide bonds. The fraction of sp³-hybridized carbons (Fsp3) is 0.625. The Hall–Kier alpha value is -0.500. The van der Waals surface area contributed by atoms with Gasteiger partial charge in [-0.2, -0.15) is 0 Å². The molecule has 1 saturated carbocycles. The zero-order valence-electron chi connectivity index (χ0n) is 10.9. The second kappa shape index (κ2) is 5.64. The lowest BCUT2D eigenvalue weighted by molar-refractivity contribution is 0.325. The van der Waals surface area contributed by atoms with Crippen LogP contribution in [0.4, 0.5) is 5.69 Å². The fourth-order valence-corrected chi connectivity index (χ4v) is 4.09. The summed E-state index contributed by atoms with van der Waals surface area (Å²) in [4.78, 5) is 0. The minimum absolute atomic E-state index is 0.736. The molecule has 98 valence electrons. The number of nitrogens with one attached hydrogen (secondary N) is 1. The minimum Gasteiger partial charge on any atom is -0.383 e. The van der Waals surface area contributed by atoms with Gasteiger partial charge < -0.3 is 5.32 Å². The number of fused-ring (bicyclic) bond motifs is 1. The van der Waals surface area contributed by atoms with E-state index in [0.29, 0.717) is 0 Å². The molecule has 1 heterocycles. The molecule has 3 rings (SSSR count). The summed E-state index contributed by atoms with van der Waals surface area (Å²) in [5, 5.41) is 3.56. The number of rotatable bonds is 3. The van der Waals surface area contributed by atoms with E-state index in [1.54, 1.807) is 0 Å². The van der Waals surface area contributed by atoms with Crippen molar-refractivity contribution in [1.82, 2.24) is 0 Å². The van der Waals surface area contributed by atoms with E-state index in [1.807, 2.05) is 0 Å². The first-order chi connectivity index (χ1) is 8.84. The zero-order chi connectivity index (χ0) is 12.4. The Balaban J connectivity index is 1.60. The largest absolute Gasteiger partial charge is 0.383 e. The van der Waals surface area contributed by atoms with Gasteiger partial charge in [0.25, 0.3) is 0 Å². The summed E-state index contributed by atoms with van der Waals surface area (Å²) < 4.78 is 1.22. The van der Waals surface area contributed by atoms with Gasteiger partial charge in [-0.05, 0) is 46.3 Å². The highest BCUT2D eigenvalue weighted by Crippen LogP contribution is 2.40. The van der Waals surface area contributed by atoms with E-state index in [-0.39, 0.29) is 0 Å². The Morgan fingerprint density at radius 1 is 1.11 bits per heavy atom. The molecule has 1 atom stereocenters. The van der Waals surface area contributed by atoms with Gasteiger partial charge in [0.2, 0.25) is 0 Å². The van der Waals surface area contributed by atoms with Crippen LogP contribution >= 0.6 is 15.9 Å². The van der Waals surface area contributed by atoms with Crippen molar-refractivity contribution in [2.75, 3.05) is 11.9 Å². The van der Waals surface area contributed by atoms with Crippen molar-refractivity contribution in [1.29, 1.82) is 0 Å². The lowest BCUT2D eigenvalue weighted by atomic mass is 9.83. The van der Waals surface area contributed by atoms with Crippen LogP contribution in [0.2, 0.25) is 0 Å². The van der Waals surface area contributed by atoms with Crippen molar-refractivity contribution >= 4 is 21.6 Å². The van der Waals surface area contributed by atoms with Gasteiger partial charge in [-0.25, -0.2) is 0 Å². The summed E-state index contributed by atoms with van der Waals surface area (Å²) in [7, 11) is 0. The summed E-state index contributed by atoms with van der Waals surface area (Å²) in [6.45, 7) is 1.13. The van der Waals surface area contributed by atoms with Gasteiger partial charge in [0, 0.05) is 16.9 Å². The van der Waals surface area contributed by atoms with Crippen LogP contribution in [0, 0.1) is 5.92 Å². The molecule has 1 aromatic rings. The summed E-state index contributed by atoms with van der Waals surface area (Å²) in [6, 6.07) is 6.60. The maximum Gasteiger partial charge on any atom is 0.0520 e. The van der Waals surface area contributed by atoms with Crippen LogP contribution in [-0.4, -0.2) is 6.54 Å². The number of hydrogen-bond acceptors (Lipinski definition) is 1. The predicted octanol–water partition coefficient (Wildman–Crippen LogP) is 5.32. The second-order valence-corrected chi connectivity index (χ2v) is 6.72. The number of benzene rings is 1. The first-order valence-electron chi connectivity index (χ1n) is 7.37. The number of hydrogen-bond donors (Lipinski definition) is 1. The third-order valence-corrected chi connectivity index (χ3v) is 5.32. The maximum absolute atomic E-state index is 3.64. The molecule has 1 aliphatic carbocycles. The van der Waals surface area contributed by atoms with Crippen molar-refractivity contribution in [3.63, 3.8) is 0 Å². The van der Waals surface area contributed by atoms with Crippen LogP contribution in [0.3, 0.4) is 0 Å². The Morgan fingerprint density at radius 2 is 1.94 bits per heavy atom. The van der Waals surface area contributed by atoms with E-state index < -0.39 is 0 Å². The first kappa shape index (κ1) is 12.5. The van der Waals surface area contributed by atoms with Crippen LogP contribution in [0.15, 0.2) is 22.7 Å². The summed E-state index contributed by atoms with van der Waals surface area (Å²) in [6.07, 6.45) is 10.2. The molecule has 2 heteroatoms. The van der Waals surface area contributed by atoms with Crippen molar-refractivity contribution in [3.05, 3.63) is 28.2 Å². The molecule has 0 saturated heterocycles. The highest BCUT2D eigenvalue weighted by molar-refractivity contribution is 9.10. The highest BCUT2D eigenvalue weighted by Gasteiger charge is 2.24.